The molecule has 0 amide bonds. The molecule has 28 heavy (non-hydrogen) atoms. The van der Waals surface area contributed by atoms with Gasteiger partial charge in [0.25, 0.3) is 0 Å². The Labute approximate surface area is 184 Å². The Morgan fingerprint density at radius 1 is 1.14 bits per heavy atom. The van der Waals surface area contributed by atoms with Crippen molar-refractivity contribution < 1.29 is 8.42 Å². The van der Waals surface area contributed by atoms with Crippen LogP contribution in [0.15, 0.2) is 52.4 Å². The van der Waals surface area contributed by atoms with Crippen molar-refractivity contribution in [2.45, 2.75) is 31.8 Å². The second-order valence-corrected chi connectivity index (χ2v) is 8.22. The summed E-state index contributed by atoms with van der Waals surface area (Å²) in [6, 6.07) is 14.8. The maximum absolute atomic E-state index is 11.7. The third-order valence-corrected chi connectivity index (χ3v) is 5.18. The van der Waals surface area contributed by atoms with E-state index in [1.54, 1.807) is 25.1 Å². The molecule has 8 heteroatoms. The first-order valence-electron chi connectivity index (χ1n) is 8.64. The average molecular weight is 512 g/mol. The normalized spacial score (nSPS) is 11.3. The van der Waals surface area contributed by atoms with Gasteiger partial charge in [0.1, 0.15) is 0 Å². The van der Waals surface area contributed by atoms with Crippen molar-refractivity contribution >= 4 is 39.8 Å². The van der Waals surface area contributed by atoms with Gasteiger partial charge in [-0.2, -0.15) is 5.26 Å². The summed E-state index contributed by atoms with van der Waals surface area (Å²) < 4.78 is 23.4. The Balaban J connectivity index is 0.00000392. The number of aliphatic imine (C=N–C) groups is 1. The SMILES string of the molecule is CCNC(=NCc1cccc(C#N)c1)NCc1ccc(S(C)(=O)=O)c(C)c1.I. The first-order chi connectivity index (χ1) is 12.8. The number of nitrogens with one attached hydrogen (secondary N) is 2. The fourth-order valence-corrected chi connectivity index (χ4v) is 3.63. The molecule has 150 valence electrons. The molecule has 0 spiro atoms. The predicted molar refractivity (Wildman–Crippen MR) is 123 cm³/mol. The number of halogens is 1. The molecule has 0 aliphatic carbocycles. The fourth-order valence-electron chi connectivity index (χ4n) is 2.67. The van der Waals surface area contributed by atoms with Gasteiger partial charge >= 0.3 is 0 Å². The molecule has 0 saturated heterocycles. The second-order valence-electron chi connectivity index (χ2n) is 6.23. The predicted octanol–water partition coefficient (Wildman–Crippen LogP) is 3.14. The van der Waals surface area contributed by atoms with Crippen molar-refractivity contribution in [1.82, 2.24) is 10.6 Å². The molecule has 0 radical (unpaired) electrons. The molecule has 0 aliphatic rings. The van der Waals surface area contributed by atoms with Crippen LogP contribution in [0.5, 0.6) is 0 Å². The summed E-state index contributed by atoms with van der Waals surface area (Å²) in [5.41, 5.74) is 3.27. The van der Waals surface area contributed by atoms with E-state index in [2.05, 4.69) is 21.7 Å². The smallest absolute Gasteiger partial charge is 0.191 e. The maximum atomic E-state index is 11.7. The lowest BCUT2D eigenvalue weighted by Crippen LogP contribution is -2.36. The number of guanidine groups is 1. The number of benzene rings is 2. The van der Waals surface area contributed by atoms with Gasteiger partial charge in [0.05, 0.1) is 23.1 Å². The van der Waals surface area contributed by atoms with Gasteiger partial charge in [-0.25, -0.2) is 13.4 Å². The highest BCUT2D eigenvalue weighted by molar-refractivity contribution is 14.0. The van der Waals surface area contributed by atoms with Crippen LogP contribution < -0.4 is 10.6 Å². The minimum absolute atomic E-state index is 0. The van der Waals surface area contributed by atoms with Gasteiger partial charge < -0.3 is 10.6 Å². The molecule has 0 heterocycles. The quantitative estimate of drug-likeness (QED) is 0.353. The van der Waals surface area contributed by atoms with Gasteiger partial charge in [-0.05, 0) is 48.7 Å². The summed E-state index contributed by atoms with van der Waals surface area (Å²) in [5.74, 6) is 0.657. The van der Waals surface area contributed by atoms with Gasteiger partial charge in [0.2, 0.25) is 0 Å². The first kappa shape index (κ1) is 23.9. The van der Waals surface area contributed by atoms with Crippen LogP contribution in [0, 0.1) is 18.3 Å². The summed E-state index contributed by atoms with van der Waals surface area (Å²) in [5, 5.41) is 15.4. The highest BCUT2D eigenvalue weighted by Gasteiger charge is 2.11. The third kappa shape index (κ3) is 7.13. The van der Waals surface area contributed by atoms with Crippen LogP contribution >= 0.6 is 24.0 Å². The van der Waals surface area contributed by atoms with Crippen molar-refractivity contribution in [2.75, 3.05) is 12.8 Å². The standard InChI is InChI=1S/C20H24N4O2S.HI/c1-4-22-20(23-13-17-7-5-6-16(11-17)12-21)24-14-18-8-9-19(15(2)10-18)27(3,25)26;/h5-11H,4,13-14H2,1-3H3,(H2,22,23,24);1H. The molecular weight excluding hydrogens is 487 g/mol. The van der Waals surface area contributed by atoms with E-state index in [1.165, 1.54) is 6.26 Å². The van der Waals surface area contributed by atoms with E-state index in [4.69, 9.17) is 5.26 Å². The number of aryl methyl sites for hydroxylation is 1. The third-order valence-electron chi connectivity index (χ3n) is 3.92. The summed E-state index contributed by atoms with van der Waals surface area (Å²) in [6.45, 7) is 5.47. The molecule has 0 bridgehead atoms. The van der Waals surface area contributed by atoms with Crippen LogP contribution in [-0.4, -0.2) is 27.2 Å². The average Bonchev–Trinajstić information content (AvgIpc) is 2.63. The molecule has 2 aromatic carbocycles. The Bertz CT molecular complexity index is 982. The minimum Gasteiger partial charge on any atom is -0.357 e. The Morgan fingerprint density at radius 3 is 2.50 bits per heavy atom. The van der Waals surface area contributed by atoms with Crippen LogP contribution in [0.25, 0.3) is 0 Å². The fraction of sp³-hybridized carbons (Fsp3) is 0.300. The van der Waals surface area contributed by atoms with Gasteiger partial charge in [-0.3, -0.25) is 0 Å². The zero-order valence-electron chi connectivity index (χ0n) is 16.2. The van der Waals surface area contributed by atoms with Gasteiger partial charge in [0.15, 0.2) is 15.8 Å². The van der Waals surface area contributed by atoms with Crippen LogP contribution in [0.2, 0.25) is 0 Å². The van der Waals surface area contributed by atoms with Crippen LogP contribution in [0.3, 0.4) is 0 Å². The summed E-state index contributed by atoms with van der Waals surface area (Å²) in [7, 11) is -3.21. The van der Waals surface area contributed by atoms with Crippen LogP contribution in [-0.2, 0) is 22.9 Å². The zero-order valence-corrected chi connectivity index (χ0v) is 19.3. The topological polar surface area (TPSA) is 94.3 Å². The molecule has 2 rings (SSSR count). The lowest BCUT2D eigenvalue weighted by Gasteiger charge is -2.13. The molecular formula is C20H25IN4O2S. The number of hydrogen-bond acceptors (Lipinski definition) is 4. The number of nitrogens with zero attached hydrogens (tertiary/aromatic N) is 2. The summed E-state index contributed by atoms with van der Waals surface area (Å²) in [6.07, 6.45) is 1.21. The molecule has 2 aromatic rings. The molecule has 0 saturated carbocycles. The number of nitriles is 1. The first-order valence-corrected chi connectivity index (χ1v) is 10.5. The van der Waals surface area contributed by atoms with E-state index in [0.29, 0.717) is 29.5 Å². The van der Waals surface area contributed by atoms with Gasteiger partial charge in [-0.1, -0.05) is 24.3 Å². The second kappa shape index (κ2) is 11.0. The van der Waals surface area contributed by atoms with Crippen molar-refractivity contribution in [3.05, 3.63) is 64.7 Å². The Hall–Kier alpha value is -2.12. The Kier molecular flexibility index (Phi) is 9.41. The number of rotatable bonds is 6. The summed E-state index contributed by atoms with van der Waals surface area (Å²) in [4.78, 5) is 4.89. The minimum atomic E-state index is -3.21. The highest BCUT2D eigenvalue weighted by atomic mass is 127. The van der Waals surface area contributed by atoms with E-state index in [0.717, 1.165) is 23.2 Å². The maximum Gasteiger partial charge on any atom is 0.191 e. The van der Waals surface area contributed by atoms with E-state index in [9.17, 15) is 8.42 Å². The Morgan fingerprint density at radius 2 is 1.89 bits per heavy atom. The molecule has 6 nitrogen and oxygen atoms in total. The molecule has 0 unspecified atom stereocenters. The van der Waals surface area contributed by atoms with Crippen LogP contribution in [0.1, 0.15) is 29.2 Å². The lowest BCUT2D eigenvalue weighted by atomic mass is 10.1. The number of hydrogen-bond donors (Lipinski definition) is 2. The highest BCUT2D eigenvalue weighted by Crippen LogP contribution is 2.16. The van der Waals surface area contributed by atoms with Crippen molar-refractivity contribution in [2.24, 2.45) is 4.99 Å². The van der Waals surface area contributed by atoms with Crippen LogP contribution in [0.4, 0.5) is 0 Å². The van der Waals surface area contributed by atoms with E-state index < -0.39 is 9.84 Å². The van der Waals surface area contributed by atoms with Crippen molar-refractivity contribution in [3.63, 3.8) is 0 Å². The molecule has 0 fully saturated rings. The van der Waals surface area contributed by atoms with E-state index in [-0.39, 0.29) is 24.0 Å². The van der Waals surface area contributed by atoms with Gasteiger partial charge in [-0.15, -0.1) is 24.0 Å². The zero-order chi connectivity index (χ0) is 19.9. The monoisotopic (exact) mass is 512 g/mol. The van der Waals surface area contributed by atoms with E-state index in [1.807, 2.05) is 31.2 Å². The van der Waals surface area contributed by atoms with E-state index >= 15 is 0 Å². The van der Waals surface area contributed by atoms with Crippen molar-refractivity contribution in [3.8, 4) is 6.07 Å². The molecule has 0 atom stereocenters. The largest absolute Gasteiger partial charge is 0.357 e. The molecule has 0 aromatic heterocycles. The number of sulfone groups is 1. The van der Waals surface area contributed by atoms with Gasteiger partial charge in [0, 0.05) is 19.3 Å². The summed E-state index contributed by atoms with van der Waals surface area (Å²) >= 11 is 0. The molecule has 0 aliphatic heterocycles. The lowest BCUT2D eigenvalue weighted by molar-refractivity contribution is 0.601. The van der Waals surface area contributed by atoms with Crippen molar-refractivity contribution in [1.29, 1.82) is 5.26 Å². The molecule has 2 N–H and O–H groups in total.